The molecule has 0 spiro atoms. The largest absolute Gasteiger partial charge is 0.457 e. The van der Waals surface area contributed by atoms with Crippen LogP contribution >= 0.6 is 0 Å². The van der Waals surface area contributed by atoms with Gasteiger partial charge in [0.25, 0.3) is 0 Å². The zero-order valence-electron chi connectivity index (χ0n) is 15.7. The van der Waals surface area contributed by atoms with Crippen LogP contribution in [0.3, 0.4) is 0 Å². The molecular weight excluding hydrogens is 336 g/mol. The van der Waals surface area contributed by atoms with Crippen LogP contribution in [-0.4, -0.2) is 11.6 Å². The van der Waals surface area contributed by atoms with Crippen LogP contribution in [-0.2, 0) is 4.79 Å². The average molecular weight is 358 g/mol. The zero-order valence-corrected chi connectivity index (χ0v) is 15.7. The number of para-hydroxylation sites is 2. The second kappa shape index (κ2) is 8.00. The van der Waals surface area contributed by atoms with E-state index in [4.69, 9.17) is 4.74 Å². The molecule has 1 aliphatic rings. The molecule has 1 aliphatic heterocycles. The summed E-state index contributed by atoms with van der Waals surface area (Å²) in [5.41, 5.74) is 3.84. The van der Waals surface area contributed by atoms with Crippen LogP contribution in [0, 0.1) is 6.92 Å². The Hall–Kier alpha value is -3.20. The van der Waals surface area contributed by atoms with E-state index in [2.05, 4.69) is 0 Å². The minimum absolute atomic E-state index is 0.128. The van der Waals surface area contributed by atoms with Gasteiger partial charge in [-0.3, -0.25) is 9.59 Å². The summed E-state index contributed by atoms with van der Waals surface area (Å²) in [6, 6.07) is 23.0. The number of fused-ring (bicyclic) bond motifs is 2. The lowest BCUT2D eigenvalue weighted by molar-refractivity contribution is -0.117. The Bertz CT molecular complexity index is 943. The minimum atomic E-state index is -0.198. The van der Waals surface area contributed by atoms with E-state index in [1.165, 1.54) is 0 Å². The predicted molar refractivity (Wildman–Crippen MR) is 107 cm³/mol. The maximum atomic E-state index is 11.9. The highest BCUT2D eigenvalue weighted by molar-refractivity contribution is 5.94. The molecule has 3 nitrogen and oxygen atoms in total. The minimum Gasteiger partial charge on any atom is -0.457 e. The number of aryl methyl sites for hydroxylation is 1. The van der Waals surface area contributed by atoms with Crippen LogP contribution in [0.25, 0.3) is 0 Å². The Kier molecular flexibility index (Phi) is 5.51. The maximum Gasteiger partial charge on any atom is 0.159 e. The number of benzene rings is 3. The van der Waals surface area contributed by atoms with E-state index in [0.717, 1.165) is 33.8 Å². The number of ketones is 2. The molecule has 0 saturated carbocycles. The normalized spacial score (nSPS) is 12.0. The lowest BCUT2D eigenvalue weighted by Crippen LogP contribution is -2.16. The van der Waals surface area contributed by atoms with Gasteiger partial charge in [-0.1, -0.05) is 60.2 Å². The summed E-state index contributed by atoms with van der Waals surface area (Å²) in [5, 5.41) is 0. The molecule has 0 bridgehead atoms. The van der Waals surface area contributed by atoms with Gasteiger partial charge >= 0.3 is 0 Å². The van der Waals surface area contributed by atoms with Crippen molar-refractivity contribution in [2.75, 3.05) is 0 Å². The van der Waals surface area contributed by atoms with Gasteiger partial charge in [-0.05, 0) is 39.0 Å². The summed E-state index contributed by atoms with van der Waals surface area (Å²) in [6.45, 7) is 5.19. The smallest absolute Gasteiger partial charge is 0.159 e. The van der Waals surface area contributed by atoms with E-state index in [0.29, 0.717) is 0 Å². The van der Waals surface area contributed by atoms with E-state index in [-0.39, 0.29) is 17.5 Å². The van der Waals surface area contributed by atoms with Gasteiger partial charge in [-0.2, -0.15) is 0 Å². The molecule has 0 N–H and O–H groups in total. The van der Waals surface area contributed by atoms with Crippen LogP contribution in [0.5, 0.6) is 11.5 Å². The molecule has 4 rings (SSSR count). The van der Waals surface area contributed by atoms with Crippen LogP contribution in [0.1, 0.15) is 46.8 Å². The van der Waals surface area contributed by atoms with Gasteiger partial charge in [-0.15, -0.1) is 0 Å². The standard InChI is InChI=1S/C15H12O2.C9H10O/c1-10(16)15-11-6-2-4-8-13(11)17-14-9-5-3-7-12(14)15;1-7-4-3-5-9(6-7)8(2)10/h2-9,15H,1H3;3-6H,1-2H3. The Morgan fingerprint density at radius 2 is 1.33 bits per heavy atom. The highest BCUT2D eigenvalue weighted by Crippen LogP contribution is 2.43. The summed E-state index contributed by atoms with van der Waals surface area (Å²) >= 11 is 0. The molecule has 0 radical (unpaired) electrons. The third kappa shape index (κ3) is 4.14. The number of carbonyl (C=O) groups is 2. The molecule has 0 aliphatic carbocycles. The van der Waals surface area contributed by atoms with E-state index in [1.54, 1.807) is 13.8 Å². The Labute approximate surface area is 159 Å². The van der Waals surface area contributed by atoms with Crippen molar-refractivity contribution in [2.45, 2.75) is 26.7 Å². The number of hydrogen-bond acceptors (Lipinski definition) is 3. The third-order valence-corrected chi connectivity index (χ3v) is 4.51. The Morgan fingerprint density at radius 3 is 1.78 bits per heavy atom. The first-order valence-electron chi connectivity index (χ1n) is 8.91. The first-order chi connectivity index (χ1) is 13.0. The van der Waals surface area contributed by atoms with E-state index in [9.17, 15) is 9.59 Å². The molecule has 0 saturated heterocycles. The van der Waals surface area contributed by atoms with E-state index < -0.39 is 0 Å². The van der Waals surface area contributed by atoms with Gasteiger partial charge in [0.1, 0.15) is 17.3 Å². The lowest BCUT2D eigenvalue weighted by Gasteiger charge is -2.26. The number of rotatable bonds is 2. The van der Waals surface area contributed by atoms with Gasteiger partial charge in [0, 0.05) is 16.7 Å². The number of Topliss-reactive ketones (excluding diaryl/α,β-unsaturated/α-hetero) is 2. The average Bonchev–Trinajstić information content (AvgIpc) is 2.66. The Morgan fingerprint density at radius 1 is 0.778 bits per heavy atom. The summed E-state index contributed by atoms with van der Waals surface area (Å²) in [6.07, 6.45) is 0. The topological polar surface area (TPSA) is 43.4 Å². The van der Waals surface area contributed by atoms with Gasteiger partial charge < -0.3 is 4.74 Å². The monoisotopic (exact) mass is 358 g/mol. The zero-order chi connectivity index (χ0) is 19.4. The van der Waals surface area contributed by atoms with E-state index >= 15 is 0 Å². The quantitative estimate of drug-likeness (QED) is 0.551. The van der Waals surface area contributed by atoms with Crippen molar-refractivity contribution in [1.82, 2.24) is 0 Å². The van der Waals surface area contributed by atoms with Gasteiger partial charge in [0.2, 0.25) is 0 Å². The molecule has 3 heteroatoms. The van der Waals surface area contributed by atoms with Crippen molar-refractivity contribution in [3.63, 3.8) is 0 Å². The molecule has 0 aromatic heterocycles. The van der Waals surface area contributed by atoms with Crippen molar-refractivity contribution in [3.8, 4) is 11.5 Å². The van der Waals surface area contributed by atoms with Crippen molar-refractivity contribution in [3.05, 3.63) is 95.1 Å². The third-order valence-electron chi connectivity index (χ3n) is 4.51. The molecule has 1 heterocycles. The maximum absolute atomic E-state index is 11.9. The number of ether oxygens (including phenoxy) is 1. The highest BCUT2D eigenvalue weighted by atomic mass is 16.5. The molecule has 3 aromatic carbocycles. The summed E-state index contributed by atoms with van der Waals surface area (Å²) in [5.74, 6) is 1.64. The van der Waals surface area contributed by atoms with Crippen molar-refractivity contribution >= 4 is 11.6 Å². The molecule has 0 atom stereocenters. The highest BCUT2D eigenvalue weighted by Gasteiger charge is 2.29. The molecule has 0 amide bonds. The number of carbonyl (C=O) groups excluding carboxylic acids is 2. The van der Waals surface area contributed by atoms with Gasteiger partial charge in [0.15, 0.2) is 5.78 Å². The fraction of sp³-hybridized carbons (Fsp3) is 0.167. The van der Waals surface area contributed by atoms with Crippen LogP contribution in [0.2, 0.25) is 0 Å². The van der Waals surface area contributed by atoms with Gasteiger partial charge in [0.05, 0.1) is 5.92 Å². The van der Waals surface area contributed by atoms with Crippen molar-refractivity contribution < 1.29 is 14.3 Å². The fourth-order valence-electron chi connectivity index (χ4n) is 3.21. The van der Waals surface area contributed by atoms with Crippen molar-refractivity contribution in [1.29, 1.82) is 0 Å². The van der Waals surface area contributed by atoms with Crippen LogP contribution in [0.4, 0.5) is 0 Å². The summed E-state index contributed by atoms with van der Waals surface area (Å²) in [7, 11) is 0. The second-order valence-corrected chi connectivity index (χ2v) is 6.65. The fourth-order valence-corrected chi connectivity index (χ4v) is 3.21. The second-order valence-electron chi connectivity index (χ2n) is 6.65. The predicted octanol–water partition coefficient (Wildman–Crippen LogP) is 5.71. The first-order valence-corrected chi connectivity index (χ1v) is 8.91. The SMILES string of the molecule is CC(=O)C1c2ccccc2Oc2ccccc21.CC(=O)c1cccc(C)c1. The lowest BCUT2D eigenvalue weighted by atomic mass is 9.85. The summed E-state index contributed by atoms with van der Waals surface area (Å²) in [4.78, 5) is 22.7. The number of hydrogen-bond donors (Lipinski definition) is 0. The van der Waals surface area contributed by atoms with Crippen molar-refractivity contribution in [2.24, 2.45) is 0 Å². The van der Waals surface area contributed by atoms with Crippen LogP contribution in [0.15, 0.2) is 72.8 Å². The van der Waals surface area contributed by atoms with Gasteiger partial charge in [-0.25, -0.2) is 0 Å². The van der Waals surface area contributed by atoms with E-state index in [1.807, 2.05) is 79.7 Å². The summed E-state index contributed by atoms with van der Waals surface area (Å²) < 4.78 is 5.81. The molecule has 0 fully saturated rings. The molecule has 3 aromatic rings. The van der Waals surface area contributed by atoms with Crippen LogP contribution < -0.4 is 4.74 Å². The Balaban J connectivity index is 0.000000180. The molecule has 27 heavy (non-hydrogen) atoms. The molecule has 0 unspecified atom stereocenters. The first kappa shape index (κ1) is 18.6. The molecule has 136 valence electrons. The molecular formula is C24H22O3.